The summed E-state index contributed by atoms with van der Waals surface area (Å²) in [5.41, 5.74) is 8.34. The van der Waals surface area contributed by atoms with Gasteiger partial charge < -0.3 is 5.73 Å². The van der Waals surface area contributed by atoms with E-state index in [9.17, 15) is 0 Å². The number of hydrogen-bond donors (Lipinski definition) is 1. The van der Waals surface area contributed by atoms with Gasteiger partial charge in [0.1, 0.15) is 0 Å². The van der Waals surface area contributed by atoms with E-state index in [1.165, 1.54) is 37.7 Å². The Morgan fingerprint density at radius 2 is 1.60 bits per heavy atom. The van der Waals surface area contributed by atoms with Gasteiger partial charge in [0.25, 0.3) is 0 Å². The maximum Gasteiger partial charge on any atom is 0.0253 e. The predicted molar refractivity (Wildman–Crippen MR) is 65.8 cm³/mol. The van der Waals surface area contributed by atoms with Crippen LogP contribution in [0, 0.1) is 0 Å². The maximum absolute atomic E-state index is 6.45. The molecule has 0 spiro atoms. The van der Waals surface area contributed by atoms with Crippen molar-refractivity contribution >= 4 is 15.9 Å². The van der Waals surface area contributed by atoms with Crippen molar-refractivity contribution in [3.8, 4) is 0 Å². The first-order valence-corrected chi connectivity index (χ1v) is 6.51. The summed E-state index contributed by atoms with van der Waals surface area (Å²) in [4.78, 5) is 0. The van der Waals surface area contributed by atoms with Crippen molar-refractivity contribution in [3.63, 3.8) is 0 Å². The molecule has 0 bridgehead atoms. The molecule has 0 radical (unpaired) electrons. The van der Waals surface area contributed by atoms with Crippen molar-refractivity contribution in [2.24, 2.45) is 5.73 Å². The topological polar surface area (TPSA) is 26.0 Å². The van der Waals surface area contributed by atoms with Gasteiger partial charge in [0.05, 0.1) is 0 Å². The van der Waals surface area contributed by atoms with Crippen LogP contribution in [0.3, 0.4) is 0 Å². The lowest BCUT2D eigenvalue weighted by atomic mass is 9.59. The molecule has 1 nitrogen and oxygen atoms in total. The van der Waals surface area contributed by atoms with Crippen LogP contribution in [-0.4, -0.2) is 5.54 Å². The van der Waals surface area contributed by atoms with Gasteiger partial charge in [-0.25, -0.2) is 0 Å². The van der Waals surface area contributed by atoms with E-state index >= 15 is 0 Å². The van der Waals surface area contributed by atoms with Crippen LogP contribution in [0.15, 0.2) is 28.7 Å². The van der Waals surface area contributed by atoms with Crippen molar-refractivity contribution in [1.29, 1.82) is 0 Å². The van der Waals surface area contributed by atoms with Gasteiger partial charge in [-0.3, -0.25) is 0 Å². The Morgan fingerprint density at radius 1 is 1.00 bits per heavy atom. The highest BCUT2D eigenvalue weighted by atomic mass is 79.9. The molecular weight excluding hydrogens is 250 g/mol. The third-order valence-electron chi connectivity index (χ3n) is 4.35. The van der Waals surface area contributed by atoms with Crippen molar-refractivity contribution in [1.82, 2.24) is 0 Å². The van der Waals surface area contributed by atoms with Gasteiger partial charge in [0.15, 0.2) is 0 Å². The Bertz CT molecular complexity index is 374. The lowest BCUT2D eigenvalue weighted by Gasteiger charge is -2.47. The molecule has 0 atom stereocenters. The van der Waals surface area contributed by atoms with Crippen molar-refractivity contribution in [3.05, 3.63) is 34.3 Å². The molecule has 0 aliphatic heterocycles. The van der Waals surface area contributed by atoms with Crippen molar-refractivity contribution in [2.75, 3.05) is 0 Å². The van der Waals surface area contributed by atoms with Crippen LogP contribution in [-0.2, 0) is 5.41 Å². The van der Waals surface area contributed by atoms with Crippen LogP contribution >= 0.6 is 15.9 Å². The zero-order chi connectivity index (χ0) is 10.5. The van der Waals surface area contributed by atoms with Gasteiger partial charge in [0, 0.05) is 15.4 Å². The predicted octanol–water partition coefficient (Wildman–Crippen LogP) is 3.36. The summed E-state index contributed by atoms with van der Waals surface area (Å²) >= 11 is 3.49. The fraction of sp³-hybridized carbons (Fsp3) is 0.538. The summed E-state index contributed by atoms with van der Waals surface area (Å²) in [6.07, 6.45) is 6.33. The minimum absolute atomic E-state index is 0.124. The highest BCUT2D eigenvalue weighted by Gasteiger charge is 2.59. The van der Waals surface area contributed by atoms with E-state index in [0.29, 0.717) is 5.41 Å². The molecule has 0 heterocycles. The summed E-state index contributed by atoms with van der Waals surface area (Å²) in [6.45, 7) is 0. The summed E-state index contributed by atoms with van der Waals surface area (Å²) in [7, 11) is 0. The molecule has 1 aromatic rings. The third-order valence-corrected chi connectivity index (χ3v) is 4.87. The lowest BCUT2D eigenvalue weighted by Crippen LogP contribution is -2.52. The van der Waals surface area contributed by atoms with Crippen LogP contribution in [0.4, 0.5) is 0 Å². The van der Waals surface area contributed by atoms with E-state index in [0.717, 1.165) is 4.47 Å². The molecule has 0 aromatic heterocycles. The summed E-state index contributed by atoms with van der Waals surface area (Å²) in [5.74, 6) is 0. The minimum atomic E-state index is 0.124. The van der Waals surface area contributed by atoms with E-state index in [1.54, 1.807) is 0 Å². The fourth-order valence-corrected chi connectivity index (χ4v) is 3.25. The van der Waals surface area contributed by atoms with E-state index in [-0.39, 0.29) is 5.54 Å². The highest BCUT2D eigenvalue weighted by Crippen LogP contribution is 2.59. The molecule has 2 heteroatoms. The molecule has 0 unspecified atom stereocenters. The summed E-state index contributed by atoms with van der Waals surface area (Å²) < 4.78 is 1.16. The van der Waals surface area contributed by atoms with Gasteiger partial charge in [-0.05, 0) is 43.4 Å². The lowest BCUT2D eigenvalue weighted by molar-refractivity contribution is 0.181. The molecule has 80 valence electrons. The fourth-order valence-electron chi connectivity index (χ4n) is 2.99. The monoisotopic (exact) mass is 265 g/mol. The van der Waals surface area contributed by atoms with Crippen LogP contribution in [0.5, 0.6) is 0 Å². The average molecular weight is 266 g/mol. The molecule has 0 amide bonds. The van der Waals surface area contributed by atoms with Crippen molar-refractivity contribution < 1.29 is 0 Å². The minimum Gasteiger partial charge on any atom is -0.324 e. The molecule has 1 aromatic carbocycles. The smallest absolute Gasteiger partial charge is 0.0253 e. The van der Waals surface area contributed by atoms with Crippen LogP contribution in [0.2, 0.25) is 0 Å². The Kier molecular flexibility index (Phi) is 2.02. The number of hydrogen-bond acceptors (Lipinski definition) is 1. The molecule has 2 saturated carbocycles. The number of nitrogens with two attached hydrogens (primary N) is 1. The van der Waals surface area contributed by atoms with Gasteiger partial charge in [-0.2, -0.15) is 0 Å². The summed E-state index contributed by atoms with van der Waals surface area (Å²) in [6, 6.07) is 8.77. The van der Waals surface area contributed by atoms with Crippen LogP contribution in [0.1, 0.15) is 37.7 Å². The quantitative estimate of drug-likeness (QED) is 0.872. The van der Waals surface area contributed by atoms with E-state index in [4.69, 9.17) is 5.73 Å². The SMILES string of the molecule is NC1(C2(c3ccc(Br)cc3)CCC2)CC1. The highest BCUT2D eigenvalue weighted by molar-refractivity contribution is 9.10. The van der Waals surface area contributed by atoms with Gasteiger partial charge in [0.2, 0.25) is 0 Å². The van der Waals surface area contributed by atoms with Crippen LogP contribution in [0.25, 0.3) is 0 Å². The molecular formula is C13H16BrN. The van der Waals surface area contributed by atoms with Gasteiger partial charge in [-0.15, -0.1) is 0 Å². The van der Waals surface area contributed by atoms with E-state index in [2.05, 4.69) is 40.2 Å². The first-order chi connectivity index (χ1) is 7.16. The molecule has 2 aliphatic carbocycles. The first kappa shape index (κ1) is 9.86. The standard InChI is InChI=1S/C13H16BrN/c14-11-4-2-10(3-5-11)12(6-1-7-12)13(15)8-9-13/h2-5H,1,6-9,15H2. The number of rotatable bonds is 2. The number of halogens is 1. The molecule has 2 N–H and O–H groups in total. The Hall–Kier alpha value is -0.340. The second-order valence-corrected chi connectivity index (χ2v) is 6.01. The van der Waals surface area contributed by atoms with Crippen LogP contribution < -0.4 is 5.73 Å². The Labute approximate surface area is 99.2 Å². The first-order valence-electron chi connectivity index (χ1n) is 5.71. The molecule has 2 aliphatic rings. The second-order valence-electron chi connectivity index (χ2n) is 5.10. The van der Waals surface area contributed by atoms with Crippen molar-refractivity contribution in [2.45, 2.75) is 43.1 Å². The summed E-state index contributed by atoms with van der Waals surface area (Å²) in [5, 5.41) is 0. The Morgan fingerprint density at radius 3 is 2.00 bits per heavy atom. The third kappa shape index (κ3) is 1.31. The van der Waals surface area contributed by atoms with E-state index in [1.807, 2.05) is 0 Å². The largest absolute Gasteiger partial charge is 0.324 e. The number of benzene rings is 1. The maximum atomic E-state index is 6.45. The molecule has 3 rings (SSSR count). The zero-order valence-electron chi connectivity index (χ0n) is 8.80. The normalized spacial score (nSPS) is 25.7. The molecule has 15 heavy (non-hydrogen) atoms. The second kappa shape index (κ2) is 3.08. The van der Waals surface area contributed by atoms with Gasteiger partial charge in [-0.1, -0.05) is 34.5 Å². The zero-order valence-corrected chi connectivity index (χ0v) is 10.4. The average Bonchev–Trinajstić information content (AvgIpc) is 2.86. The Balaban J connectivity index is 2.00. The molecule has 2 fully saturated rings. The van der Waals surface area contributed by atoms with E-state index < -0.39 is 0 Å². The van der Waals surface area contributed by atoms with Gasteiger partial charge >= 0.3 is 0 Å². The molecule has 0 saturated heterocycles.